The molecule has 0 spiro atoms. The molecule has 1 aliphatic rings. The van der Waals surface area contributed by atoms with Crippen LogP contribution < -0.4 is 15.3 Å². The van der Waals surface area contributed by atoms with Gasteiger partial charge in [0.25, 0.3) is 0 Å². The average Bonchev–Trinajstić information content (AvgIpc) is 3.16. The van der Waals surface area contributed by atoms with Crippen molar-refractivity contribution in [3.8, 4) is 5.75 Å². The van der Waals surface area contributed by atoms with Gasteiger partial charge in [0, 0.05) is 56.9 Å². The van der Waals surface area contributed by atoms with Gasteiger partial charge in [0.2, 0.25) is 5.82 Å². The van der Waals surface area contributed by atoms with Crippen LogP contribution in [0, 0.1) is 0 Å². The van der Waals surface area contributed by atoms with E-state index in [2.05, 4.69) is 21.0 Å². The average molecular weight is 520 g/mol. The summed E-state index contributed by atoms with van der Waals surface area (Å²) in [6, 6.07) is 17.3. The minimum Gasteiger partial charge on any atom is -0.492 e. The number of piperazine rings is 1. The van der Waals surface area contributed by atoms with Gasteiger partial charge in [-0.25, -0.2) is 9.48 Å². The molecular weight excluding hydrogens is 489 g/mol. The number of hydrogen-bond donors (Lipinski definition) is 0. The molecule has 10 heteroatoms. The Labute approximate surface area is 216 Å². The molecule has 0 amide bonds. The Balaban J connectivity index is 0.00000342. The summed E-state index contributed by atoms with van der Waals surface area (Å²) in [7, 11) is 0. The van der Waals surface area contributed by atoms with E-state index in [1.54, 1.807) is 0 Å². The molecule has 0 aliphatic carbocycles. The maximum Gasteiger partial charge on any atom is 0.346 e. The minimum atomic E-state index is -0.271. The van der Waals surface area contributed by atoms with Gasteiger partial charge in [0.15, 0.2) is 5.78 Å². The Hall–Kier alpha value is -2.81. The second kappa shape index (κ2) is 12.8. The number of hydrogen-bond acceptors (Lipinski definition) is 6. The largest absolute Gasteiger partial charge is 0.492 e. The molecule has 4 rings (SSSR count). The quantitative estimate of drug-likeness (QED) is 0.381. The zero-order valence-electron chi connectivity index (χ0n) is 19.8. The monoisotopic (exact) mass is 519 g/mol. The van der Waals surface area contributed by atoms with E-state index in [1.165, 1.54) is 16.2 Å². The molecule has 8 nitrogen and oxygen atoms in total. The van der Waals surface area contributed by atoms with Crippen LogP contribution in [0.25, 0.3) is 0 Å². The molecule has 0 N–H and O–H groups in total. The molecular formula is C25H31Cl2N5O3. The van der Waals surface area contributed by atoms with Crippen LogP contribution >= 0.6 is 24.0 Å². The van der Waals surface area contributed by atoms with Crippen LogP contribution in [0.3, 0.4) is 0 Å². The van der Waals surface area contributed by atoms with Crippen LogP contribution in [0.1, 0.15) is 24.0 Å². The summed E-state index contributed by atoms with van der Waals surface area (Å²) in [6.45, 7) is 7.10. The molecule has 0 unspecified atom stereocenters. The normalized spacial score (nSPS) is 13.9. The van der Waals surface area contributed by atoms with Gasteiger partial charge in [-0.05, 0) is 36.8 Å². The van der Waals surface area contributed by atoms with Crippen LogP contribution in [0.5, 0.6) is 5.75 Å². The maximum absolute atomic E-state index is 12.9. The van der Waals surface area contributed by atoms with Crippen molar-refractivity contribution in [1.29, 1.82) is 0 Å². The third-order valence-electron chi connectivity index (χ3n) is 5.95. The van der Waals surface area contributed by atoms with Crippen LogP contribution in [-0.4, -0.2) is 64.4 Å². The Morgan fingerprint density at radius 3 is 2.43 bits per heavy atom. The van der Waals surface area contributed by atoms with Crippen molar-refractivity contribution in [2.45, 2.75) is 26.4 Å². The first kappa shape index (κ1) is 26.8. The third-order valence-corrected chi connectivity index (χ3v) is 6.19. The smallest absolute Gasteiger partial charge is 0.346 e. The number of halogens is 2. The highest BCUT2D eigenvalue weighted by Crippen LogP contribution is 2.20. The van der Waals surface area contributed by atoms with Crippen LogP contribution in [-0.2, 0) is 13.1 Å². The van der Waals surface area contributed by atoms with E-state index in [0.717, 1.165) is 55.6 Å². The van der Waals surface area contributed by atoms with Crippen molar-refractivity contribution >= 4 is 35.5 Å². The van der Waals surface area contributed by atoms with Gasteiger partial charge < -0.3 is 9.64 Å². The number of para-hydroxylation sites is 1. The number of anilines is 1. The fourth-order valence-electron chi connectivity index (χ4n) is 4.17. The zero-order chi connectivity index (χ0) is 23.9. The molecule has 0 radical (unpaired) electrons. The first-order valence-electron chi connectivity index (χ1n) is 11.6. The lowest BCUT2D eigenvalue weighted by atomic mass is 10.2. The predicted octanol–water partition coefficient (Wildman–Crippen LogP) is 3.61. The summed E-state index contributed by atoms with van der Waals surface area (Å²) in [4.78, 5) is 29.7. The van der Waals surface area contributed by atoms with Crippen molar-refractivity contribution in [3.05, 3.63) is 75.9 Å². The molecule has 1 aromatic heterocycles. The van der Waals surface area contributed by atoms with Crippen LogP contribution in [0.4, 0.5) is 5.69 Å². The lowest BCUT2D eigenvalue weighted by Gasteiger charge is -2.36. The molecule has 1 fully saturated rings. The van der Waals surface area contributed by atoms with E-state index in [0.29, 0.717) is 6.54 Å². The van der Waals surface area contributed by atoms with Crippen LogP contribution in [0.15, 0.2) is 59.4 Å². The molecule has 3 aromatic rings. The number of nitrogens with zero attached hydrogens (tertiary/aromatic N) is 5. The second-order valence-electron chi connectivity index (χ2n) is 8.36. The number of aromatic nitrogens is 3. The van der Waals surface area contributed by atoms with Gasteiger partial charge in [0.1, 0.15) is 12.4 Å². The number of rotatable bonds is 10. The highest BCUT2D eigenvalue weighted by atomic mass is 35.5. The molecule has 35 heavy (non-hydrogen) atoms. The maximum atomic E-state index is 12.9. The Kier molecular flexibility index (Phi) is 9.77. The lowest BCUT2D eigenvalue weighted by molar-refractivity contribution is 0.0997. The van der Waals surface area contributed by atoms with Gasteiger partial charge in [-0.3, -0.25) is 14.3 Å². The SMILES string of the molecule is CC(=O)c1nn(CCCN2CCN(c3cccc(Cl)c3)CC2)c(=O)n1CCOc1ccccc1.Cl. The molecule has 1 saturated heterocycles. The molecule has 2 aromatic carbocycles. The standard InChI is InChI=1S/C25H30ClN5O3.ClH/c1-20(32)24-27-31(25(33)30(24)17-18-34-23-9-3-2-4-10-23)12-6-11-28-13-15-29(16-14-28)22-8-5-7-21(26)19-22;/h2-5,7-10,19H,6,11-18H2,1H3;1H. The van der Waals surface area contributed by atoms with Gasteiger partial charge in [0.05, 0.1) is 6.54 Å². The molecule has 2 heterocycles. The van der Waals surface area contributed by atoms with E-state index in [9.17, 15) is 9.59 Å². The first-order valence-corrected chi connectivity index (χ1v) is 12.0. The summed E-state index contributed by atoms with van der Waals surface area (Å²) < 4.78 is 8.51. The summed E-state index contributed by atoms with van der Waals surface area (Å²) >= 11 is 6.12. The third kappa shape index (κ3) is 7.10. The van der Waals surface area contributed by atoms with Crippen molar-refractivity contribution in [2.75, 3.05) is 44.2 Å². The number of ketones is 1. The summed E-state index contributed by atoms with van der Waals surface area (Å²) in [5, 5.41) is 5.05. The first-order chi connectivity index (χ1) is 16.5. The lowest BCUT2D eigenvalue weighted by Crippen LogP contribution is -2.46. The summed E-state index contributed by atoms with van der Waals surface area (Å²) in [5.41, 5.74) is 0.880. The van der Waals surface area contributed by atoms with Crippen molar-refractivity contribution < 1.29 is 9.53 Å². The van der Waals surface area contributed by atoms with Gasteiger partial charge >= 0.3 is 5.69 Å². The Morgan fingerprint density at radius 1 is 1.00 bits per heavy atom. The van der Waals surface area contributed by atoms with Gasteiger partial charge in [-0.2, -0.15) is 0 Å². The van der Waals surface area contributed by atoms with Crippen molar-refractivity contribution in [3.63, 3.8) is 0 Å². The number of carbonyl (C=O) groups excluding carboxylic acids is 1. The van der Waals surface area contributed by atoms with Crippen molar-refractivity contribution in [1.82, 2.24) is 19.2 Å². The summed E-state index contributed by atoms with van der Waals surface area (Å²) in [6.07, 6.45) is 0.784. The van der Waals surface area contributed by atoms with E-state index in [-0.39, 0.29) is 42.9 Å². The van der Waals surface area contributed by atoms with E-state index in [1.807, 2.05) is 48.5 Å². The highest BCUT2D eigenvalue weighted by molar-refractivity contribution is 6.30. The summed E-state index contributed by atoms with van der Waals surface area (Å²) in [5.74, 6) is 0.673. The molecule has 0 atom stereocenters. The van der Waals surface area contributed by atoms with E-state index < -0.39 is 0 Å². The molecule has 1 aliphatic heterocycles. The molecule has 0 bridgehead atoms. The zero-order valence-corrected chi connectivity index (χ0v) is 21.4. The second-order valence-corrected chi connectivity index (χ2v) is 8.80. The number of Topliss-reactive ketones (excluding diaryl/α,β-unsaturated/α-hetero) is 1. The predicted molar refractivity (Wildman–Crippen MR) is 140 cm³/mol. The number of carbonyl (C=O) groups is 1. The topological polar surface area (TPSA) is 72.6 Å². The van der Waals surface area contributed by atoms with Crippen LogP contribution in [0.2, 0.25) is 5.02 Å². The van der Waals surface area contributed by atoms with Gasteiger partial charge in [-0.1, -0.05) is 35.9 Å². The molecule has 0 saturated carbocycles. The highest BCUT2D eigenvalue weighted by Gasteiger charge is 2.19. The van der Waals surface area contributed by atoms with E-state index in [4.69, 9.17) is 16.3 Å². The number of benzene rings is 2. The fourth-order valence-corrected chi connectivity index (χ4v) is 4.35. The Bertz CT molecular complexity index is 1160. The fraction of sp³-hybridized carbons (Fsp3) is 0.400. The minimum absolute atomic E-state index is 0. The van der Waals surface area contributed by atoms with E-state index >= 15 is 0 Å². The number of ether oxygens (including phenoxy) is 1. The Morgan fingerprint density at radius 2 is 1.74 bits per heavy atom. The molecule has 188 valence electrons. The number of aryl methyl sites for hydroxylation is 1. The van der Waals surface area contributed by atoms with Gasteiger partial charge in [-0.15, -0.1) is 17.5 Å². The van der Waals surface area contributed by atoms with Crippen molar-refractivity contribution in [2.24, 2.45) is 0 Å².